The molecule has 0 aliphatic carbocycles. The SMILES string of the molecule is CC1CN(CC(=O)Nc2ccc(C#N)cc2)CC(C)N1C. The van der Waals surface area contributed by atoms with Gasteiger partial charge in [-0.2, -0.15) is 5.26 Å². The lowest BCUT2D eigenvalue weighted by molar-refractivity contribution is -0.118. The zero-order valence-electron chi connectivity index (χ0n) is 12.8. The van der Waals surface area contributed by atoms with Crippen LogP contribution >= 0.6 is 0 Å². The van der Waals surface area contributed by atoms with Crippen LogP contribution in [-0.4, -0.2) is 54.5 Å². The summed E-state index contributed by atoms with van der Waals surface area (Å²) in [6.45, 7) is 6.58. The van der Waals surface area contributed by atoms with Gasteiger partial charge in [-0.05, 0) is 45.2 Å². The van der Waals surface area contributed by atoms with Gasteiger partial charge in [0.05, 0.1) is 18.2 Å². The lowest BCUT2D eigenvalue weighted by Crippen LogP contribution is -2.56. The Labute approximate surface area is 126 Å². The molecule has 1 aliphatic rings. The standard InChI is InChI=1S/C16H22N4O/c1-12-9-20(10-13(2)19(12)3)11-16(21)18-15-6-4-14(8-17)5-7-15/h4-7,12-13H,9-11H2,1-3H3,(H,18,21). The zero-order valence-corrected chi connectivity index (χ0v) is 12.8. The summed E-state index contributed by atoms with van der Waals surface area (Å²) in [7, 11) is 2.13. The third-order valence-corrected chi connectivity index (χ3v) is 4.10. The van der Waals surface area contributed by atoms with E-state index in [0.717, 1.165) is 18.8 Å². The van der Waals surface area contributed by atoms with Gasteiger partial charge >= 0.3 is 0 Å². The summed E-state index contributed by atoms with van der Waals surface area (Å²) in [5.74, 6) is -0.0105. The van der Waals surface area contributed by atoms with Gasteiger partial charge in [0.1, 0.15) is 0 Å². The number of amides is 1. The number of carbonyl (C=O) groups is 1. The normalized spacial score (nSPS) is 23.5. The highest BCUT2D eigenvalue weighted by Gasteiger charge is 2.27. The molecule has 1 aromatic carbocycles. The summed E-state index contributed by atoms with van der Waals surface area (Å²) in [5, 5.41) is 11.6. The highest BCUT2D eigenvalue weighted by molar-refractivity contribution is 5.92. The Kier molecular flexibility index (Phi) is 4.94. The number of nitrogens with one attached hydrogen (secondary N) is 1. The molecule has 1 saturated heterocycles. The number of nitrogens with zero attached hydrogens (tertiary/aromatic N) is 3. The van der Waals surface area contributed by atoms with E-state index in [1.54, 1.807) is 24.3 Å². The molecule has 0 aromatic heterocycles. The first kappa shape index (κ1) is 15.5. The largest absolute Gasteiger partial charge is 0.325 e. The number of hydrogen-bond donors (Lipinski definition) is 1. The van der Waals surface area contributed by atoms with E-state index in [-0.39, 0.29) is 5.91 Å². The van der Waals surface area contributed by atoms with Crippen molar-refractivity contribution in [3.63, 3.8) is 0 Å². The van der Waals surface area contributed by atoms with Crippen LogP contribution < -0.4 is 5.32 Å². The Hall–Kier alpha value is -1.90. The lowest BCUT2D eigenvalue weighted by Gasteiger charge is -2.42. The first-order chi connectivity index (χ1) is 9.99. The van der Waals surface area contributed by atoms with E-state index in [9.17, 15) is 4.79 Å². The molecule has 112 valence electrons. The van der Waals surface area contributed by atoms with Crippen molar-refractivity contribution in [1.29, 1.82) is 5.26 Å². The highest BCUT2D eigenvalue weighted by atomic mass is 16.2. The predicted molar refractivity (Wildman–Crippen MR) is 82.9 cm³/mol. The fourth-order valence-corrected chi connectivity index (χ4v) is 2.67. The van der Waals surface area contributed by atoms with Gasteiger partial charge in [-0.25, -0.2) is 0 Å². The van der Waals surface area contributed by atoms with Crippen molar-refractivity contribution in [2.75, 3.05) is 32.0 Å². The first-order valence-electron chi connectivity index (χ1n) is 7.24. The molecule has 1 aromatic rings. The Morgan fingerprint density at radius 3 is 2.38 bits per heavy atom. The molecule has 1 aliphatic heterocycles. The van der Waals surface area contributed by atoms with E-state index in [1.807, 2.05) is 0 Å². The summed E-state index contributed by atoms with van der Waals surface area (Å²) >= 11 is 0. The third-order valence-electron chi connectivity index (χ3n) is 4.10. The Balaban J connectivity index is 1.88. The smallest absolute Gasteiger partial charge is 0.238 e. The molecule has 0 spiro atoms. The summed E-state index contributed by atoms with van der Waals surface area (Å²) in [5.41, 5.74) is 1.32. The van der Waals surface area contributed by atoms with Gasteiger partial charge in [0, 0.05) is 30.9 Å². The van der Waals surface area contributed by atoms with Gasteiger partial charge in [0.2, 0.25) is 5.91 Å². The third kappa shape index (κ3) is 4.03. The van der Waals surface area contributed by atoms with Gasteiger partial charge in [0.15, 0.2) is 0 Å². The second-order valence-electron chi connectivity index (χ2n) is 5.79. The second kappa shape index (κ2) is 6.70. The average molecular weight is 286 g/mol. The quantitative estimate of drug-likeness (QED) is 0.915. The summed E-state index contributed by atoms with van der Waals surface area (Å²) in [6, 6.07) is 9.89. The van der Waals surface area contributed by atoms with Gasteiger partial charge in [-0.1, -0.05) is 0 Å². The number of benzene rings is 1. The Morgan fingerprint density at radius 1 is 1.29 bits per heavy atom. The molecule has 21 heavy (non-hydrogen) atoms. The predicted octanol–water partition coefficient (Wildman–Crippen LogP) is 1.52. The maximum absolute atomic E-state index is 12.1. The maximum Gasteiger partial charge on any atom is 0.238 e. The molecule has 5 nitrogen and oxygen atoms in total. The minimum absolute atomic E-state index is 0.0105. The fraction of sp³-hybridized carbons (Fsp3) is 0.500. The fourth-order valence-electron chi connectivity index (χ4n) is 2.67. The van der Waals surface area contributed by atoms with Crippen molar-refractivity contribution in [1.82, 2.24) is 9.80 Å². The van der Waals surface area contributed by atoms with Crippen molar-refractivity contribution in [3.8, 4) is 6.07 Å². The van der Waals surface area contributed by atoms with Crippen molar-refractivity contribution in [3.05, 3.63) is 29.8 Å². The molecule has 2 atom stereocenters. The molecule has 0 bridgehead atoms. The lowest BCUT2D eigenvalue weighted by atomic mass is 10.1. The van der Waals surface area contributed by atoms with Crippen LogP contribution in [0.5, 0.6) is 0 Å². The zero-order chi connectivity index (χ0) is 15.4. The van der Waals surface area contributed by atoms with Gasteiger partial charge < -0.3 is 5.32 Å². The number of hydrogen-bond acceptors (Lipinski definition) is 4. The molecular formula is C16H22N4O. The minimum Gasteiger partial charge on any atom is -0.325 e. The Bertz CT molecular complexity index is 522. The summed E-state index contributed by atoms with van der Waals surface area (Å²) in [4.78, 5) is 16.6. The molecule has 0 radical (unpaired) electrons. The van der Waals surface area contributed by atoms with E-state index in [0.29, 0.717) is 24.2 Å². The van der Waals surface area contributed by atoms with Crippen LogP contribution in [0, 0.1) is 11.3 Å². The summed E-state index contributed by atoms with van der Waals surface area (Å²) < 4.78 is 0. The van der Waals surface area contributed by atoms with Crippen LogP contribution in [0.25, 0.3) is 0 Å². The molecular weight excluding hydrogens is 264 g/mol. The summed E-state index contributed by atoms with van der Waals surface area (Å²) in [6.07, 6.45) is 0. The highest BCUT2D eigenvalue weighted by Crippen LogP contribution is 2.13. The van der Waals surface area contributed by atoms with E-state index < -0.39 is 0 Å². The number of rotatable bonds is 3. The van der Waals surface area contributed by atoms with Crippen LogP contribution in [0.4, 0.5) is 5.69 Å². The van der Waals surface area contributed by atoms with Gasteiger partial charge in [-0.15, -0.1) is 0 Å². The molecule has 1 fully saturated rings. The first-order valence-corrected chi connectivity index (χ1v) is 7.24. The van der Waals surface area contributed by atoms with Gasteiger partial charge in [0.25, 0.3) is 0 Å². The average Bonchev–Trinajstić information content (AvgIpc) is 2.45. The van der Waals surface area contributed by atoms with Crippen LogP contribution in [0.15, 0.2) is 24.3 Å². The van der Waals surface area contributed by atoms with Gasteiger partial charge in [-0.3, -0.25) is 14.6 Å². The van der Waals surface area contributed by atoms with E-state index in [2.05, 4.69) is 42.1 Å². The number of nitriles is 1. The van der Waals surface area contributed by atoms with Crippen molar-refractivity contribution >= 4 is 11.6 Å². The topological polar surface area (TPSA) is 59.4 Å². The number of likely N-dealkylation sites (N-methyl/N-ethyl adjacent to an activating group) is 1. The van der Waals surface area contributed by atoms with Crippen LogP contribution in [0.3, 0.4) is 0 Å². The molecule has 1 N–H and O–H groups in total. The van der Waals surface area contributed by atoms with Crippen LogP contribution in [-0.2, 0) is 4.79 Å². The van der Waals surface area contributed by atoms with Crippen molar-refractivity contribution < 1.29 is 4.79 Å². The second-order valence-corrected chi connectivity index (χ2v) is 5.79. The molecule has 2 rings (SSSR count). The van der Waals surface area contributed by atoms with Crippen LogP contribution in [0.1, 0.15) is 19.4 Å². The molecule has 5 heteroatoms. The monoisotopic (exact) mass is 286 g/mol. The van der Waals surface area contributed by atoms with E-state index in [4.69, 9.17) is 5.26 Å². The Morgan fingerprint density at radius 2 is 1.86 bits per heavy atom. The van der Waals surface area contributed by atoms with Crippen molar-refractivity contribution in [2.45, 2.75) is 25.9 Å². The number of piperazine rings is 1. The molecule has 1 amide bonds. The molecule has 1 heterocycles. The number of carbonyl (C=O) groups excluding carboxylic acids is 1. The van der Waals surface area contributed by atoms with E-state index in [1.165, 1.54) is 0 Å². The minimum atomic E-state index is -0.0105. The van der Waals surface area contributed by atoms with E-state index >= 15 is 0 Å². The van der Waals surface area contributed by atoms with Crippen LogP contribution in [0.2, 0.25) is 0 Å². The maximum atomic E-state index is 12.1. The molecule has 2 unspecified atom stereocenters. The van der Waals surface area contributed by atoms with Crippen molar-refractivity contribution in [2.24, 2.45) is 0 Å². The number of anilines is 1. The molecule has 0 saturated carbocycles.